The van der Waals surface area contributed by atoms with Gasteiger partial charge in [-0.1, -0.05) is 6.42 Å². The normalized spacial score (nSPS) is 17.5. The summed E-state index contributed by atoms with van der Waals surface area (Å²) >= 11 is 1.99. The standard InChI is InChI=1S/C14H23NOS/c1-3-16-10-12(15-2)14-9-11-7-5-4-6-8-13(11)17-14/h9,12,15H,3-8,10H2,1-2H3. The number of rotatable bonds is 5. The van der Waals surface area contributed by atoms with Crippen LogP contribution in [0.3, 0.4) is 0 Å². The molecule has 1 heterocycles. The van der Waals surface area contributed by atoms with Crippen molar-refractivity contribution < 1.29 is 4.74 Å². The lowest BCUT2D eigenvalue weighted by atomic mass is 10.1. The van der Waals surface area contributed by atoms with Gasteiger partial charge in [0.2, 0.25) is 0 Å². The van der Waals surface area contributed by atoms with E-state index < -0.39 is 0 Å². The first-order chi connectivity index (χ1) is 8.35. The van der Waals surface area contributed by atoms with Gasteiger partial charge in [-0.3, -0.25) is 0 Å². The molecule has 0 aromatic carbocycles. The minimum atomic E-state index is 0.367. The van der Waals surface area contributed by atoms with Crippen molar-refractivity contribution in [1.82, 2.24) is 5.32 Å². The van der Waals surface area contributed by atoms with E-state index in [0.29, 0.717) is 6.04 Å². The highest BCUT2D eigenvalue weighted by Crippen LogP contribution is 2.32. The number of hydrogen-bond acceptors (Lipinski definition) is 3. The summed E-state index contributed by atoms with van der Waals surface area (Å²) in [5.74, 6) is 0. The predicted octanol–water partition coefficient (Wildman–Crippen LogP) is 3.31. The summed E-state index contributed by atoms with van der Waals surface area (Å²) in [6.07, 6.45) is 6.68. The minimum Gasteiger partial charge on any atom is -0.380 e. The van der Waals surface area contributed by atoms with Gasteiger partial charge in [0, 0.05) is 16.4 Å². The molecular formula is C14H23NOS. The van der Waals surface area contributed by atoms with Crippen molar-refractivity contribution in [3.63, 3.8) is 0 Å². The maximum atomic E-state index is 5.54. The third kappa shape index (κ3) is 3.30. The molecule has 0 fully saturated rings. The topological polar surface area (TPSA) is 21.3 Å². The van der Waals surface area contributed by atoms with Gasteiger partial charge in [0.15, 0.2) is 0 Å². The molecule has 1 aliphatic rings. The smallest absolute Gasteiger partial charge is 0.0669 e. The molecule has 1 unspecified atom stereocenters. The lowest BCUT2D eigenvalue weighted by Crippen LogP contribution is -2.20. The van der Waals surface area contributed by atoms with E-state index in [9.17, 15) is 0 Å². The second-order valence-electron chi connectivity index (χ2n) is 4.66. The van der Waals surface area contributed by atoms with Crippen LogP contribution in [0.2, 0.25) is 0 Å². The maximum Gasteiger partial charge on any atom is 0.0669 e. The van der Waals surface area contributed by atoms with Gasteiger partial charge in [-0.15, -0.1) is 11.3 Å². The third-order valence-electron chi connectivity index (χ3n) is 3.45. The van der Waals surface area contributed by atoms with E-state index in [1.165, 1.54) is 37.0 Å². The molecule has 0 saturated carbocycles. The molecule has 2 nitrogen and oxygen atoms in total. The van der Waals surface area contributed by atoms with Gasteiger partial charge in [0.25, 0.3) is 0 Å². The van der Waals surface area contributed by atoms with Gasteiger partial charge in [0.05, 0.1) is 12.6 Å². The molecule has 1 atom stereocenters. The Balaban J connectivity index is 2.09. The quantitative estimate of drug-likeness (QED) is 0.813. The predicted molar refractivity (Wildman–Crippen MR) is 73.9 cm³/mol. The molecule has 0 spiro atoms. The van der Waals surface area contributed by atoms with Crippen molar-refractivity contribution in [2.75, 3.05) is 20.3 Å². The maximum absolute atomic E-state index is 5.54. The van der Waals surface area contributed by atoms with Crippen molar-refractivity contribution >= 4 is 11.3 Å². The molecule has 96 valence electrons. The Morgan fingerprint density at radius 2 is 2.18 bits per heavy atom. The molecule has 0 bridgehead atoms. The highest BCUT2D eigenvalue weighted by molar-refractivity contribution is 7.12. The van der Waals surface area contributed by atoms with E-state index in [1.807, 2.05) is 18.4 Å². The van der Waals surface area contributed by atoms with Gasteiger partial charge < -0.3 is 10.1 Å². The average molecular weight is 253 g/mol. The van der Waals surface area contributed by atoms with Crippen LogP contribution in [0.1, 0.15) is 47.5 Å². The first-order valence-corrected chi connectivity index (χ1v) is 7.53. The van der Waals surface area contributed by atoms with Crippen LogP contribution >= 0.6 is 11.3 Å². The van der Waals surface area contributed by atoms with Crippen LogP contribution in [0, 0.1) is 0 Å². The Labute approximate surface area is 108 Å². The Morgan fingerprint density at radius 3 is 2.94 bits per heavy atom. The van der Waals surface area contributed by atoms with Gasteiger partial charge >= 0.3 is 0 Å². The van der Waals surface area contributed by atoms with Crippen LogP contribution in [-0.4, -0.2) is 20.3 Å². The van der Waals surface area contributed by atoms with Crippen LogP contribution in [0.4, 0.5) is 0 Å². The van der Waals surface area contributed by atoms with E-state index >= 15 is 0 Å². The van der Waals surface area contributed by atoms with Gasteiger partial charge in [-0.05, 0) is 51.3 Å². The second kappa shape index (κ2) is 6.53. The van der Waals surface area contributed by atoms with Gasteiger partial charge in [-0.25, -0.2) is 0 Å². The van der Waals surface area contributed by atoms with E-state index in [-0.39, 0.29) is 0 Å². The van der Waals surface area contributed by atoms with Crippen molar-refractivity contribution in [2.45, 2.75) is 45.1 Å². The molecule has 0 radical (unpaired) electrons. The Kier molecular flexibility index (Phi) is 5.01. The minimum absolute atomic E-state index is 0.367. The van der Waals surface area contributed by atoms with E-state index in [2.05, 4.69) is 18.3 Å². The molecule has 1 aromatic rings. The zero-order chi connectivity index (χ0) is 12.1. The Morgan fingerprint density at radius 1 is 1.35 bits per heavy atom. The molecule has 3 heteroatoms. The van der Waals surface area contributed by atoms with Crippen LogP contribution in [0.25, 0.3) is 0 Å². The highest BCUT2D eigenvalue weighted by atomic mass is 32.1. The lowest BCUT2D eigenvalue weighted by molar-refractivity contribution is 0.126. The van der Waals surface area contributed by atoms with Gasteiger partial charge in [-0.2, -0.15) is 0 Å². The average Bonchev–Trinajstić information content (AvgIpc) is 2.61. The van der Waals surface area contributed by atoms with Crippen molar-refractivity contribution in [3.05, 3.63) is 21.4 Å². The molecule has 0 saturated heterocycles. The van der Waals surface area contributed by atoms with Crippen molar-refractivity contribution in [3.8, 4) is 0 Å². The third-order valence-corrected chi connectivity index (χ3v) is 4.80. The van der Waals surface area contributed by atoms with Crippen LogP contribution in [-0.2, 0) is 17.6 Å². The summed E-state index contributed by atoms with van der Waals surface area (Å²) in [6.45, 7) is 3.63. The van der Waals surface area contributed by atoms with Crippen LogP contribution in [0.15, 0.2) is 6.07 Å². The van der Waals surface area contributed by atoms with Crippen molar-refractivity contribution in [2.24, 2.45) is 0 Å². The summed E-state index contributed by atoms with van der Waals surface area (Å²) < 4.78 is 5.54. The number of likely N-dealkylation sites (N-methyl/N-ethyl adjacent to an activating group) is 1. The summed E-state index contributed by atoms with van der Waals surface area (Å²) in [6, 6.07) is 2.78. The summed E-state index contributed by atoms with van der Waals surface area (Å²) in [5, 5.41) is 3.36. The first kappa shape index (κ1) is 13.1. The Bertz CT molecular complexity index is 324. The second-order valence-corrected chi connectivity index (χ2v) is 5.83. The number of nitrogens with one attached hydrogen (secondary N) is 1. The number of aryl methyl sites for hydroxylation is 2. The van der Waals surface area contributed by atoms with E-state index in [1.54, 1.807) is 10.4 Å². The molecule has 1 N–H and O–H groups in total. The van der Waals surface area contributed by atoms with Crippen LogP contribution < -0.4 is 5.32 Å². The molecular weight excluding hydrogens is 230 g/mol. The molecule has 1 aliphatic carbocycles. The van der Waals surface area contributed by atoms with Crippen LogP contribution in [0.5, 0.6) is 0 Å². The Hall–Kier alpha value is -0.380. The zero-order valence-corrected chi connectivity index (χ0v) is 11.7. The zero-order valence-electron chi connectivity index (χ0n) is 10.9. The summed E-state index contributed by atoms with van der Waals surface area (Å²) in [4.78, 5) is 3.07. The molecule has 17 heavy (non-hydrogen) atoms. The fourth-order valence-electron chi connectivity index (χ4n) is 2.41. The molecule has 2 rings (SSSR count). The summed E-state index contributed by atoms with van der Waals surface area (Å²) in [5.41, 5.74) is 1.60. The lowest BCUT2D eigenvalue weighted by Gasteiger charge is -2.13. The molecule has 0 amide bonds. The van der Waals surface area contributed by atoms with Crippen molar-refractivity contribution in [1.29, 1.82) is 0 Å². The SMILES string of the molecule is CCOCC(NC)c1cc2c(s1)CCCCC2. The molecule has 0 aliphatic heterocycles. The summed E-state index contributed by atoms with van der Waals surface area (Å²) in [7, 11) is 2.02. The first-order valence-electron chi connectivity index (χ1n) is 6.71. The fourth-order valence-corrected chi connectivity index (χ4v) is 3.76. The number of fused-ring (bicyclic) bond motifs is 1. The monoisotopic (exact) mass is 253 g/mol. The molecule has 1 aromatic heterocycles. The van der Waals surface area contributed by atoms with E-state index in [4.69, 9.17) is 4.74 Å². The number of thiophene rings is 1. The van der Waals surface area contributed by atoms with Gasteiger partial charge in [0.1, 0.15) is 0 Å². The number of hydrogen-bond donors (Lipinski definition) is 1. The fraction of sp³-hybridized carbons (Fsp3) is 0.714. The highest BCUT2D eigenvalue weighted by Gasteiger charge is 2.17. The largest absolute Gasteiger partial charge is 0.380 e. The van der Waals surface area contributed by atoms with E-state index in [0.717, 1.165) is 13.2 Å². The number of ether oxygens (including phenoxy) is 1.